The molecule has 32 heavy (non-hydrogen) atoms. The normalized spacial score (nSPS) is 14.2. The van der Waals surface area contributed by atoms with Gasteiger partial charge in [-0.1, -0.05) is 12.1 Å². The number of anilines is 2. The van der Waals surface area contributed by atoms with Crippen LogP contribution in [0.2, 0.25) is 0 Å². The minimum absolute atomic E-state index is 0.109. The third-order valence-corrected chi connectivity index (χ3v) is 5.30. The summed E-state index contributed by atoms with van der Waals surface area (Å²) in [5.74, 6) is 2.73. The van der Waals surface area contributed by atoms with Crippen molar-refractivity contribution in [2.75, 3.05) is 43.0 Å². The molecule has 2 amide bonds. The van der Waals surface area contributed by atoms with Crippen molar-refractivity contribution < 1.29 is 14.1 Å². The summed E-state index contributed by atoms with van der Waals surface area (Å²) in [5.41, 5.74) is 1.56. The molecule has 0 spiro atoms. The lowest BCUT2D eigenvalue weighted by Gasteiger charge is -2.24. The molecule has 2 aromatic heterocycles. The number of urea groups is 1. The van der Waals surface area contributed by atoms with Gasteiger partial charge < -0.3 is 24.4 Å². The van der Waals surface area contributed by atoms with Crippen molar-refractivity contribution in [3.05, 3.63) is 48.4 Å². The summed E-state index contributed by atoms with van der Waals surface area (Å²) in [4.78, 5) is 25.9. The molecule has 9 nitrogen and oxygen atoms in total. The van der Waals surface area contributed by atoms with Gasteiger partial charge >= 0.3 is 6.03 Å². The molecule has 3 heterocycles. The van der Waals surface area contributed by atoms with E-state index in [4.69, 9.17) is 9.26 Å². The number of nitrogens with one attached hydrogen (secondary N) is 1. The number of rotatable bonds is 6. The molecule has 3 aromatic rings. The predicted molar refractivity (Wildman–Crippen MR) is 122 cm³/mol. The largest absolute Gasteiger partial charge is 0.494 e. The van der Waals surface area contributed by atoms with E-state index >= 15 is 0 Å². The Balaban J connectivity index is 1.42. The van der Waals surface area contributed by atoms with E-state index in [0.29, 0.717) is 44.4 Å². The van der Waals surface area contributed by atoms with Gasteiger partial charge in [0, 0.05) is 44.5 Å². The summed E-state index contributed by atoms with van der Waals surface area (Å²) in [6.45, 7) is 7.24. The van der Waals surface area contributed by atoms with Gasteiger partial charge in [-0.05, 0) is 49.7 Å². The zero-order valence-electron chi connectivity index (χ0n) is 18.5. The van der Waals surface area contributed by atoms with Crippen molar-refractivity contribution >= 4 is 17.5 Å². The Bertz CT molecular complexity index is 1040. The molecule has 0 aliphatic carbocycles. The molecule has 9 heteroatoms. The zero-order chi connectivity index (χ0) is 22.3. The Morgan fingerprint density at radius 2 is 1.97 bits per heavy atom. The number of carbonyl (C=O) groups is 1. The van der Waals surface area contributed by atoms with Gasteiger partial charge in [-0.3, -0.25) is 0 Å². The van der Waals surface area contributed by atoms with Gasteiger partial charge in [-0.15, -0.1) is 0 Å². The minimum Gasteiger partial charge on any atom is -0.494 e. The number of benzene rings is 1. The number of aryl methyl sites for hydroxylation is 1. The summed E-state index contributed by atoms with van der Waals surface area (Å²) < 4.78 is 10.9. The van der Waals surface area contributed by atoms with Gasteiger partial charge in [0.2, 0.25) is 0 Å². The van der Waals surface area contributed by atoms with Crippen molar-refractivity contribution in [1.82, 2.24) is 20.0 Å². The van der Waals surface area contributed by atoms with Gasteiger partial charge in [0.1, 0.15) is 11.6 Å². The lowest BCUT2D eigenvalue weighted by molar-refractivity contribution is 0.215. The molecule has 0 radical (unpaired) electrons. The minimum atomic E-state index is -0.109. The highest BCUT2D eigenvalue weighted by atomic mass is 16.5. The van der Waals surface area contributed by atoms with Crippen molar-refractivity contribution in [2.45, 2.75) is 26.7 Å². The SMILES string of the molecule is CCOc1ccc(NC(=O)N2CCCN(c3ncccc3-c3nc(CC)no3)CC2)cc1. The molecule has 4 rings (SSSR count). The second-order valence-electron chi connectivity index (χ2n) is 7.46. The van der Waals surface area contributed by atoms with E-state index in [-0.39, 0.29) is 6.03 Å². The average Bonchev–Trinajstić information content (AvgIpc) is 3.17. The van der Waals surface area contributed by atoms with Crippen LogP contribution < -0.4 is 15.0 Å². The maximum absolute atomic E-state index is 12.8. The highest BCUT2D eigenvalue weighted by Gasteiger charge is 2.23. The van der Waals surface area contributed by atoms with Crippen LogP contribution in [0.1, 0.15) is 26.1 Å². The predicted octanol–water partition coefficient (Wildman–Crippen LogP) is 3.84. The topological polar surface area (TPSA) is 96.6 Å². The first-order chi connectivity index (χ1) is 15.7. The fraction of sp³-hybridized carbons (Fsp3) is 0.391. The molecule has 0 bridgehead atoms. The fourth-order valence-corrected chi connectivity index (χ4v) is 3.66. The second-order valence-corrected chi connectivity index (χ2v) is 7.46. The van der Waals surface area contributed by atoms with E-state index in [1.165, 1.54) is 0 Å². The summed E-state index contributed by atoms with van der Waals surface area (Å²) >= 11 is 0. The van der Waals surface area contributed by atoms with Gasteiger partial charge in [0.25, 0.3) is 5.89 Å². The molecule has 0 unspecified atom stereocenters. The van der Waals surface area contributed by atoms with Crippen LogP contribution >= 0.6 is 0 Å². The van der Waals surface area contributed by atoms with E-state index in [9.17, 15) is 4.79 Å². The quantitative estimate of drug-likeness (QED) is 0.627. The molecule has 1 aliphatic heterocycles. The Kier molecular flexibility index (Phi) is 6.84. The number of amides is 2. The number of aromatic nitrogens is 3. The van der Waals surface area contributed by atoms with Crippen LogP contribution in [0.3, 0.4) is 0 Å². The molecule has 1 saturated heterocycles. The van der Waals surface area contributed by atoms with Crippen LogP contribution in [0.25, 0.3) is 11.5 Å². The van der Waals surface area contributed by atoms with Crippen LogP contribution in [0.4, 0.5) is 16.3 Å². The Morgan fingerprint density at radius 1 is 1.12 bits per heavy atom. The van der Waals surface area contributed by atoms with Crippen molar-refractivity contribution in [3.63, 3.8) is 0 Å². The van der Waals surface area contributed by atoms with E-state index in [0.717, 1.165) is 35.8 Å². The molecule has 1 N–H and O–H groups in total. The van der Waals surface area contributed by atoms with Crippen molar-refractivity contribution in [3.8, 4) is 17.2 Å². The maximum atomic E-state index is 12.8. The van der Waals surface area contributed by atoms with E-state index in [1.54, 1.807) is 6.20 Å². The summed E-state index contributed by atoms with van der Waals surface area (Å²) in [6.07, 6.45) is 3.30. The average molecular weight is 437 g/mol. The van der Waals surface area contributed by atoms with E-state index in [1.807, 2.05) is 55.1 Å². The van der Waals surface area contributed by atoms with Gasteiger partial charge in [-0.2, -0.15) is 4.98 Å². The zero-order valence-corrected chi connectivity index (χ0v) is 18.5. The molecule has 0 atom stereocenters. The third-order valence-electron chi connectivity index (χ3n) is 5.30. The van der Waals surface area contributed by atoms with Crippen LogP contribution in [0.5, 0.6) is 5.75 Å². The first kappa shape index (κ1) is 21.6. The maximum Gasteiger partial charge on any atom is 0.321 e. The van der Waals surface area contributed by atoms with E-state index in [2.05, 4.69) is 25.3 Å². The summed E-state index contributed by atoms with van der Waals surface area (Å²) in [5, 5.41) is 6.98. The number of nitrogens with zero attached hydrogens (tertiary/aromatic N) is 5. The van der Waals surface area contributed by atoms with E-state index < -0.39 is 0 Å². The number of carbonyl (C=O) groups excluding carboxylic acids is 1. The molecule has 168 valence electrons. The van der Waals surface area contributed by atoms with Gasteiger partial charge in [-0.25, -0.2) is 9.78 Å². The smallest absolute Gasteiger partial charge is 0.321 e. The highest BCUT2D eigenvalue weighted by molar-refractivity contribution is 5.89. The first-order valence-corrected chi connectivity index (χ1v) is 11.0. The number of pyridine rings is 1. The van der Waals surface area contributed by atoms with Crippen molar-refractivity contribution in [2.24, 2.45) is 0 Å². The first-order valence-electron chi connectivity index (χ1n) is 11.0. The Labute approximate surface area is 187 Å². The second kappa shape index (κ2) is 10.1. The van der Waals surface area contributed by atoms with Gasteiger partial charge in [0.05, 0.1) is 12.2 Å². The Hall–Kier alpha value is -3.62. The standard InChI is InChI=1S/C23H28N6O3/c1-3-20-26-22(32-27-20)19-7-5-12-24-21(19)28-13-6-14-29(16-15-28)23(30)25-17-8-10-18(11-9-17)31-4-2/h5,7-12H,3-4,6,13-16H2,1-2H3,(H,25,30). The molecular weight excluding hydrogens is 408 g/mol. The summed E-state index contributed by atoms with van der Waals surface area (Å²) in [6, 6.07) is 11.1. The van der Waals surface area contributed by atoms with Crippen LogP contribution in [-0.4, -0.2) is 58.8 Å². The molecule has 1 aromatic carbocycles. The van der Waals surface area contributed by atoms with Crippen LogP contribution in [0, 0.1) is 0 Å². The molecular formula is C23H28N6O3. The summed E-state index contributed by atoms with van der Waals surface area (Å²) in [7, 11) is 0. The van der Waals surface area contributed by atoms with Crippen LogP contribution in [-0.2, 0) is 6.42 Å². The van der Waals surface area contributed by atoms with Gasteiger partial charge in [0.15, 0.2) is 5.82 Å². The lowest BCUT2D eigenvalue weighted by Crippen LogP contribution is -2.38. The van der Waals surface area contributed by atoms with Crippen LogP contribution in [0.15, 0.2) is 47.1 Å². The number of ether oxygens (including phenoxy) is 1. The third kappa shape index (κ3) is 4.99. The fourth-order valence-electron chi connectivity index (χ4n) is 3.66. The highest BCUT2D eigenvalue weighted by Crippen LogP contribution is 2.28. The lowest BCUT2D eigenvalue weighted by atomic mass is 10.2. The number of hydrogen-bond acceptors (Lipinski definition) is 7. The van der Waals surface area contributed by atoms with Crippen molar-refractivity contribution in [1.29, 1.82) is 0 Å². The molecule has 1 fully saturated rings. The Morgan fingerprint density at radius 3 is 2.72 bits per heavy atom. The molecule has 1 aliphatic rings. The number of hydrogen-bond donors (Lipinski definition) is 1. The molecule has 0 saturated carbocycles. The monoisotopic (exact) mass is 436 g/mol.